The summed E-state index contributed by atoms with van der Waals surface area (Å²) in [5, 5.41) is 3.61. The number of likely N-dealkylation sites (N-methyl/N-ethyl adjacent to an activating group) is 1. The smallest absolute Gasteiger partial charge is 0.410 e. The van der Waals surface area contributed by atoms with E-state index in [-0.39, 0.29) is 42.5 Å². The predicted molar refractivity (Wildman–Crippen MR) is 140 cm³/mol. The zero-order valence-electron chi connectivity index (χ0n) is 20.9. The van der Waals surface area contributed by atoms with Gasteiger partial charge in [-0.2, -0.15) is 0 Å². The first-order valence-electron chi connectivity index (χ1n) is 11.8. The van der Waals surface area contributed by atoms with Crippen molar-refractivity contribution in [3.05, 3.63) is 0 Å². The van der Waals surface area contributed by atoms with Crippen molar-refractivity contribution in [3.63, 3.8) is 0 Å². The molecule has 2 amide bonds. The summed E-state index contributed by atoms with van der Waals surface area (Å²) in [7, 11) is 3.52. The summed E-state index contributed by atoms with van der Waals surface area (Å²) >= 11 is 0. The van der Waals surface area contributed by atoms with Crippen LogP contribution < -0.4 is 5.32 Å². The highest BCUT2D eigenvalue weighted by molar-refractivity contribution is 14.0. The van der Waals surface area contributed by atoms with Gasteiger partial charge in [0.15, 0.2) is 5.96 Å². The number of carbonyl (C=O) groups excluding carboxylic acids is 2. The van der Waals surface area contributed by atoms with Crippen LogP contribution in [0.4, 0.5) is 4.79 Å². The number of carbonyl (C=O) groups is 2. The van der Waals surface area contributed by atoms with Gasteiger partial charge in [-0.3, -0.25) is 4.79 Å². The molecule has 2 aliphatic rings. The number of piperidine rings is 1. The van der Waals surface area contributed by atoms with E-state index in [9.17, 15) is 9.59 Å². The van der Waals surface area contributed by atoms with Crippen LogP contribution in [0.2, 0.25) is 0 Å². The second-order valence-electron chi connectivity index (χ2n) is 10.0. The number of rotatable bonds is 6. The lowest BCUT2D eigenvalue weighted by molar-refractivity contribution is -0.127. The van der Waals surface area contributed by atoms with E-state index in [4.69, 9.17) is 4.74 Å². The van der Waals surface area contributed by atoms with Crippen molar-refractivity contribution in [1.82, 2.24) is 20.0 Å². The number of nitrogens with one attached hydrogen (secondary N) is 1. The van der Waals surface area contributed by atoms with Crippen molar-refractivity contribution in [2.45, 2.75) is 77.9 Å². The second kappa shape index (κ2) is 13.4. The average Bonchev–Trinajstić information content (AvgIpc) is 3.21. The van der Waals surface area contributed by atoms with Gasteiger partial charge in [-0.05, 0) is 59.3 Å². The molecular formula is C23H44IN5O3. The Kier molecular flexibility index (Phi) is 12.1. The number of halogens is 1. The van der Waals surface area contributed by atoms with Gasteiger partial charge in [0.2, 0.25) is 5.91 Å². The maximum atomic E-state index is 12.5. The molecule has 0 atom stereocenters. The largest absolute Gasteiger partial charge is 0.444 e. The molecule has 186 valence electrons. The van der Waals surface area contributed by atoms with Crippen molar-refractivity contribution < 1.29 is 14.3 Å². The summed E-state index contributed by atoms with van der Waals surface area (Å²) in [6.07, 6.45) is 6.59. The number of amides is 2. The summed E-state index contributed by atoms with van der Waals surface area (Å²) < 4.78 is 5.55. The fourth-order valence-corrected chi connectivity index (χ4v) is 4.07. The fraction of sp³-hybridized carbons (Fsp3) is 0.870. The van der Waals surface area contributed by atoms with Crippen LogP contribution in [-0.4, -0.2) is 91.1 Å². The van der Waals surface area contributed by atoms with Crippen molar-refractivity contribution in [1.29, 1.82) is 0 Å². The normalized spacial score (nSPS) is 18.2. The number of guanidine groups is 1. The van der Waals surface area contributed by atoms with Gasteiger partial charge in [0.05, 0.1) is 0 Å². The highest BCUT2D eigenvalue weighted by Gasteiger charge is 2.28. The minimum absolute atomic E-state index is 0. The third kappa shape index (κ3) is 9.70. The first-order valence-corrected chi connectivity index (χ1v) is 11.8. The Bertz CT molecular complexity index is 622. The van der Waals surface area contributed by atoms with E-state index < -0.39 is 5.60 Å². The van der Waals surface area contributed by atoms with Gasteiger partial charge in [0.25, 0.3) is 0 Å². The molecular weight excluding hydrogens is 521 g/mol. The SMILES string of the molecule is CCN(CC1CCN(C(=NCC(=O)N(C)C)NC2CCCC2)CC1)C(=O)OC(C)(C)C.I. The van der Waals surface area contributed by atoms with E-state index in [2.05, 4.69) is 15.2 Å². The minimum atomic E-state index is -0.477. The Balaban J connectivity index is 0.00000512. The third-order valence-electron chi connectivity index (χ3n) is 5.98. The molecule has 0 bridgehead atoms. The summed E-state index contributed by atoms with van der Waals surface area (Å²) in [6, 6.07) is 0.452. The predicted octanol–water partition coefficient (Wildman–Crippen LogP) is 3.55. The Morgan fingerprint density at radius 3 is 2.19 bits per heavy atom. The molecule has 1 N–H and O–H groups in total. The average molecular weight is 566 g/mol. The van der Waals surface area contributed by atoms with Crippen LogP contribution in [0.3, 0.4) is 0 Å². The van der Waals surface area contributed by atoms with Crippen LogP contribution >= 0.6 is 24.0 Å². The second-order valence-corrected chi connectivity index (χ2v) is 10.0. The zero-order valence-corrected chi connectivity index (χ0v) is 23.2. The van der Waals surface area contributed by atoms with Gasteiger partial charge < -0.3 is 24.8 Å². The van der Waals surface area contributed by atoms with Crippen LogP contribution in [-0.2, 0) is 9.53 Å². The molecule has 0 aromatic rings. The Hall–Kier alpha value is -1.26. The fourth-order valence-electron chi connectivity index (χ4n) is 4.07. The molecule has 1 saturated carbocycles. The minimum Gasteiger partial charge on any atom is -0.444 e. The van der Waals surface area contributed by atoms with Crippen molar-refractivity contribution in [2.24, 2.45) is 10.9 Å². The van der Waals surface area contributed by atoms with E-state index in [1.165, 1.54) is 25.7 Å². The van der Waals surface area contributed by atoms with Crippen molar-refractivity contribution >= 4 is 41.9 Å². The Labute approximate surface area is 211 Å². The molecule has 2 rings (SSSR count). The number of likely N-dealkylation sites (tertiary alicyclic amines) is 1. The molecule has 1 heterocycles. The lowest BCUT2D eigenvalue weighted by atomic mass is 9.96. The Morgan fingerprint density at radius 2 is 1.69 bits per heavy atom. The van der Waals surface area contributed by atoms with E-state index in [0.29, 0.717) is 18.5 Å². The highest BCUT2D eigenvalue weighted by Crippen LogP contribution is 2.22. The zero-order chi connectivity index (χ0) is 23.0. The molecule has 0 radical (unpaired) electrons. The lowest BCUT2D eigenvalue weighted by Gasteiger charge is -2.37. The van der Waals surface area contributed by atoms with E-state index in [1.807, 2.05) is 32.6 Å². The van der Waals surface area contributed by atoms with E-state index in [1.54, 1.807) is 19.0 Å². The summed E-state index contributed by atoms with van der Waals surface area (Å²) in [5.74, 6) is 1.32. The highest BCUT2D eigenvalue weighted by atomic mass is 127. The van der Waals surface area contributed by atoms with Crippen LogP contribution in [0.5, 0.6) is 0 Å². The van der Waals surface area contributed by atoms with Crippen LogP contribution in [0.15, 0.2) is 4.99 Å². The van der Waals surface area contributed by atoms with Crippen LogP contribution in [0.25, 0.3) is 0 Å². The molecule has 1 aliphatic carbocycles. The van der Waals surface area contributed by atoms with Gasteiger partial charge >= 0.3 is 6.09 Å². The first kappa shape index (κ1) is 28.8. The number of hydrogen-bond acceptors (Lipinski definition) is 4. The number of aliphatic imine (C=N–C) groups is 1. The molecule has 0 unspecified atom stereocenters. The van der Waals surface area contributed by atoms with Gasteiger partial charge in [0.1, 0.15) is 12.1 Å². The maximum Gasteiger partial charge on any atom is 0.410 e. The Morgan fingerprint density at radius 1 is 1.09 bits per heavy atom. The van der Waals surface area contributed by atoms with Crippen LogP contribution in [0, 0.1) is 5.92 Å². The summed E-state index contributed by atoms with van der Waals surface area (Å²) in [5.41, 5.74) is -0.477. The van der Waals surface area contributed by atoms with Crippen molar-refractivity contribution in [2.75, 3.05) is 46.8 Å². The number of nitrogens with zero attached hydrogens (tertiary/aromatic N) is 4. The molecule has 0 aromatic heterocycles. The molecule has 0 aromatic carbocycles. The maximum absolute atomic E-state index is 12.5. The van der Waals surface area contributed by atoms with Gasteiger partial charge in [-0.15, -0.1) is 24.0 Å². The van der Waals surface area contributed by atoms with Crippen molar-refractivity contribution in [3.8, 4) is 0 Å². The molecule has 9 heteroatoms. The summed E-state index contributed by atoms with van der Waals surface area (Å²) in [6.45, 7) is 11.0. The monoisotopic (exact) mass is 565 g/mol. The standard InChI is InChI=1S/C23H43N5O3.HI/c1-7-27(22(30)31-23(2,3)4)17-18-12-14-28(15-13-18)21(24-16-20(29)26(5)6)25-19-10-8-9-11-19;/h18-19H,7-17H2,1-6H3,(H,24,25);1H. The van der Waals surface area contributed by atoms with Crippen LogP contribution in [0.1, 0.15) is 66.2 Å². The summed E-state index contributed by atoms with van der Waals surface area (Å²) in [4.78, 5) is 34.9. The third-order valence-corrected chi connectivity index (χ3v) is 5.98. The van der Waals surface area contributed by atoms with Gasteiger partial charge in [0, 0.05) is 46.3 Å². The van der Waals surface area contributed by atoms with Gasteiger partial charge in [-0.25, -0.2) is 9.79 Å². The van der Waals surface area contributed by atoms with E-state index in [0.717, 1.165) is 38.4 Å². The number of ether oxygens (including phenoxy) is 1. The first-order chi connectivity index (χ1) is 14.6. The molecule has 2 fully saturated rings. The molecule has 1 aliphatic heterocycles. The molecule has 1 saturated heterocycles. The molecule has 8 nitrogen and oxygen atoms in total. The van der Waals surface area contributed by atoms with E-state index >= 15 is 0 Å². The molecule has 0 spiro atoms. The topological polar surface area (TPSA) is 77.5 Å². The lowest BCUT2D eigenvalue weighted by Crippen LogP contribution is -2.50. The quantitative estimate of drug-likeness (QED) is 0.303. The van der Waals surface area contributed by atoms with Gasteiger partial charge in [-0.1, -0.05) is 12.8 Å². The molecule has 32 heavy (non-hydrogen) atoms. The number of hydrogen-bond donors (Lipinski definition) is 1.